The number of aryl methyl sites for hydroxylation is 2. The number of piperazine rings is 1. The average molecular weight is 436 g/mol. The number of amides is 2. The van der Waals surface area contributed by atoms with Crippen LogP contribution in [0, 0.1) is 13.8 Å². The van der Waals surface area contributed by atoms with Crippen LogP contribution in [0.4, 0.5) is 11.4 Å². The highest BCUT2D eigenvalue weighted by atomic mass is 16.2. The van der Waals surface area contributed by atoms with E-state index in [0.717, 1.165) is 48.6 Å². The van der Waals surface area contributed by atoms with Gasteiger partial charge < -0.3 is 20.9 Å². The maximum absolute atomic E-state index is 12.9. The molecule has 32 heavy (non-hydrogen) atoms. The van der Waals surface area contributed by atoms with Crippen molar-refractivity contribution in [3.05, 3.63) is 53.1 Å². The van der Waals surface area contributed by atoms with E-state index in [0.29, 0.717) is 11.7 Å². The molecule has 4 rings (SSSR count). The Morgan fingerprint density at radius 3 is 2.72 bits per heavy atom. The van der Waals surface area contributed by atoms with Crippen molar-refractivity contribution in [1.82, 2.24) is 19.5 Å². The number of rotatable bonds is 5. The number of primary amides is 1. The van der Waals surface area contributed by atoms with Crippen LogP contribution in [0.2, 0.25) is 0 Å². The number of carbonyl (C=O) groups excluding carboxylic acids is 2. The van der Waals surface area contributed by atoms with Gasteiger partial charge in [-0.15, -0.1) is 0 Å². The summed E-state index contributed by atoms with van der Waals surface area (Å²) < 4.78 is 1.64. The second-order valence-corrected chi connectivity index (χ2v) is 8.39. The zero-order chi connectivity index (χ0) is 23.0. The summed E-state index contributed by atoms with van der Waals surface area (Å²) in [5.41, 5.74) is 9.85. The number of nitrogens with two attached hydrogens (primary N) is 1. The third kappa shape index (κ3) is 4.16. The molecule has 0 saturated carbocycles. The van der Waals surface area contributed by atoms with Gasteiger partial charge in [-0.3, -0.25) is 14.6 Å². The lowest BCUT2D eigenvalue weighted by atomic mass is 10.1. The van der Waals surface area contributed by atoms with Gasteiger partial charge in [0.15, 0.2) is 5.69 Å². The molecule has 1 fully saturated rings. The highest BCUT2D eigenvalue weighted by molar-refractivity contribution is 6.08. The van der Waals surface area contributed by atoms with Gasteiger partial charge in [0, 0.05) is 31.4 Å². The van der Waals surface area contributed by atoms with Crippen LogP contribution in [0.3, 0.4) is 0 Å². The Kier molecular flexibility index (Phi) is 5.84. The zero-order valence-electron chi connectivity index (χ0n) is 18.9. The third-order valence-corrected chi connectivity index (χ3v) is 6.00. The lowest BCUT2D eigenvalue weighted by Crippen LogP contribution is -2.51. The molecule has 1 saturated heterocycles. The molecule has 3 aromatic rings. The lowest BCUT2D eigenvalue weighted by Gasteiger charge is -2.41. The molecule has 3 heterocycles. The van der Waals surface area contributed by atoms with Crippen LogP contribution in [0.5, 0.6) is 0 Å². The first-order valence-electron chi connectivity index (χ1n) is 10.8. The topological polar surface area (TPSA) is 109 Å². The molecule has 9 heteroatoms. The molecule has 2 amide bonds. The van der Waals surface area contributed by atoms with Gasteiger partial charge in [-0.2, -0.15) is 5.10 Å². The second kappa shape index (κ2) is 8.58. The minimum atomic E-state index is -0.588. The van der Waals surface area contributed by atoms with Crippen LogP contribution < -0.4 is 16.0 Å². The zero-order valence-corrected chi connectivity index (χ0v) is 18.9. The maximum Gasteiger partial charge on any atom is 0.276 e. The number of aromatic nitrogens is 3. The van der Waals surface area contributed by atoms with Crippen molar-refractivity contribution in [2.75, 3.05) is 36.9 Å². The predicted molar refractivity (Wildman–Crippen MR) is 124 cm³/mol. The molecule has 9 nitrogen and oxygen atoms in total. The van der Waals surface area contributed by atoms with Gasteiger partial charge in [-0.1, -0.05) is 6.92 Å². The Morgan fingerprint density at radius 1 is 1.22 bits per heavy atom. The molecule has 0 unspecified atom stereocenters. The van der Waals surface area contributed by atoms with Crippen LogP contribution in [0.15, 0.2) is 30.5 Å². The lowest BCUT2D eigenvalue weighted by molar-refractivity contribution is 0.100. The van der Waals surface area contributed by atoms with Gasteiger partial charge >= 0.3 is 0 Å². The predicted octanol–water partition coefficient (Wildman–Crippen LogP) is 2.23. The fourth-order valence-corrected chi connectivity index (χ4v) is 4.31. The van der Waals surface area contributed by atoms with Gasteiger partial charge in [0.05, 0.1) is 34.4 Å². The molecule has 0 aliphatic carbocycles. The van der Waals surface area contributed by atoms with Crippen molar-refractivity contribution in [2.45, 2.75) is 33.2 Å². The van der Waals surface area contributed by atoms with Gasteiger partial charge in [0.1, 0.15) is 0 Å². The minimum Gasteiger partial charge on any atom is -0.366 e. The fourth-order valence-electron chi connectivity index (χ4n) is 4.31. The van der Waals surface area contributed by atoms with Gasteiger partial charge in [-0.05, 0) is 51.6 Å². The first-order valence-corrected chi connectivity index (χ1v) is 10.8. The molecule has 1 atom stereocenters. The van der Waals surface area contributed by atoms with E-state index in [1.807, 2.05) is 19.9 Å². The standard InChI is InChI=1S/C23H29N7O2/c1-5-16-13-28(4)8-9-29(16)17-6-7-19(18(10-17)22(24)31)26-23(32)20-11-21-15(3)25-14(2)12-30(21)27-20/h6-7,10-12,16H,5,8-9,13H2,1-4H3,(H2,24,31)(H,26,32)/t16-/m0/s1. The fraction of sp³-hybridized carbons (Fsp3) is 0.391. The average Bonchev–Trinajstić information content (AvgIpc) is 3.18. The second-order valence-electron chi connectivity index (χ2n) is 8.39. The van der Waals surface area contributed by atoms with Crippen LogP contribution in [-0.2, 0) is 0 Å². The number of anilines is 2. The highest BCUT2D eigenvalue weighted by Gasteiger charge is 2.25. The number of nitrogens with zero attached hydrogens (tertiary/aromatic N) is 5. The van der Waals surface area contributed by atoms with E-state index in [1.165, 1.54) is 0 Å². The van der Waals surface area contributed by atoms with Crippen molar-refractivity contribution in [3.8, 4) is 0 Å². The molecule has 168 valence electrons. The molecular weight excluding hydrogens is 406 g/mol. The molecule has 0 bridgehead atoms. The summed E-state index contributed by atoms with van der Waals surface area (Å²) in [6.07, 6.45) is 2.76. The highest BCUT2D eigenvalue weighted by Crippen LogP contribution is 2.27. The Balaban J connectivity index is 1.62. The summed E-state index contributed by atoms with van der Waals surface area (Å²) in [4.78, 5) is 34.1. The summed E-state index contributed by atoms with van der Waals surface area (Å²) in [5, 5.41) is 7.16. The van der Waals surface area contributed by atoms with E-state index in [4.69, 9.17) is 5.73 Å². The van der Waals surface area contributed by atoms with E-state index in [2.05, 4.69) is 39.2 Å². The number of fused-ring (bicyclic) bond motifs is 1. The molecule has 3 N–H and O–H groups in total. The number of carbonyl (C=O) groups is 2. The first kappa shape index (κ1) is 21.8. The Morgan fingerprint density at radius 2 is 2.00 bits per heavy atom. The maximum atomic E-state index is 12.9. The van der Waals surface area contributed by atoms with Crippen LogP contribution >= 0.6 is 0 Å². The van der Waals surface area contributed by atoms with Gasteiger partial charge in [0.25, 0.3) is 11.8 Å². The third-order valence-electron chi connectivity index (χ3n) is 6.00. The summed E-state index contributed by atoms with van der Waals surface area (Å²) in [6, 6.07) is 7.48. The first-order chi connectivity index (χ1) is 15.3. The molecule has 1 aliphatic rings. The van der Waals surface area contributed by atoms with E-state index < -0.39 is 11.8 Å². The van der Waals surface area contributed by atoms with Crippen molar-refractivity contribution >= 4 is 28.7 Å². The van der Waals surface area contributed by atoms with E-state index in [-0.39, 0.29) is 11.3 Å². The Hall–Kier alpha value is -3.46. The summed E-state index contributed by atoms with van der Waals surface area (Å²) in [5.74, 6) is -0.998. The molecule has 0 spiro atoms. The molecule has 1 aromatic carbocycles. The summed E-state index contributed by atoms with van der Waals surface area (Å²) in [7, 11) is 2.12. The summed E-state index contributed by atoms with van der Waals surface area (Å²) >= 11 is 0. The quantitative estimate of drug-likeness (QED) is 0.636. The van der Waals surface area contributed by atoms with Crippen molar-refractivity contribution < 1.29 is 9.59 Å². The smallest absolute Gasteiger partial charge is 0.276 e. The monoisotopic (exact) mass is 435 g/mol. The van der Waals surface area contributed by atoms with Gasteiger partial charge in [0.2, 0.25) is 0 Å². The number of benzene rings is 1. The summed E-state index contributed by atoms with van der Waals surface area (Å²) in [6.45, 7) is 8.68. The van der Waals surface area contributed by atoms with Crippen molar-refractivity contribution in [1.29, 1.82) is 0 Å². The molecule has 0 radical (unpaired) electrons. The van der Waals surface area contributed by atoms with Crippen LogP contribution in [0.25, 0.3) is 5.52 Å². The number of nitrogens with one attached hydrogen (secondary N) is 1. The van der Waals surface area contributed by atoms with Gasteiger partial charge in [-0.25, -0.2) is 4.52 Å². The van der Waals surface area contributed by atoms with E-state index >= 15 is 0 Å². The molecular formula is C23H29N7O2. The van der Waals surface area contributed by atoms with E-state index in [9.17, 15) is 9.59 Å². The largest absolute Gasteiger partial charge is 0.366 e. The molecule has 1 aliphatic heterocycles. The van der Waals surface area contributed by atoms with Crippen molar-refractivity contribution in [2.24, 2.45) is 5.73 Å². The Labute approximate surface area is 187 Å². The number of likely N-dealkylation sites (N-methyl/N-ethyl adjacent to an activating group) is 1. The van der Waals surface area contributed by atoms with Crippen LogP contribution in [-0.4, -0.2) is 64.0 Å². The minimum absolute atomic E-state index is 0.241. The van der Waals surface area contributed by atoms with Crippen molar-refractivity contribution in [3.63, 3.8) is 0 Å². The van der Waals surface area contributed by atoms with Crippen LogP contribution in [0.1, 0.15) is 45.6 Å². The normalized spacial score (nSPS) is 17.0. The van der Waals surface area contributed by atoms with E-state index in [1.54, 1.807) is 28.9 Å². The Bertz CT molecular complexity index is 1190. The SMILES string of the molecule is CC[C@H]1CN(C)CCN1c1ccc(NC(=O)c2cc3c(C)nc(C)cn3n2)c(C(N)=O)c1. The molecule has 2 aromatic heterocycles. The number of hydrogen-bond acceptors (Lipinski definition) is 6. The number of hydrogen-bond donors (Lipinski definition) is 2.